The van der Waals surface area contributed by atoms with Crippen molar-refractivity contribution >= 4 is 11.3 Å². The van der Waals surface area contributed by atoms with Crippen LogP contribution in [0.1, 0.15) is 23.7 Å². The molecule has 0 spiro atoms. The fourth-order valence-electron chi connectivity index (χ4n) is 1.45. The van der Waals surface area contributed by atoms with E-state index in [4.69, 9.17) is 4.74 Å². The molecule has 0 radical (unpaired) electrons. The Kier molecular flexibility index (Phi) is 3.71. The Hall–Kier alpha value is -1.46. The fourth-order valence-corrected chi connectivity index (χ4v) is 2.29. The number of nitrogens with zero attached hydrogens (tertiary/aromatic N) is 2. The third-order valence-electron chi connectivity index (χ3n) is 2.50. The molecule has 2 aromatic rings. The van der Waals surface area contributed by atoms with E-state index >= 15 is 0 Å². The van der Waals surface area contributed by atoms with Gasteiger partial charge in [-0.2, -0.15) is 0 Å². The molecule has 0 aliphatic rings. The second-order valence-electron chi connectivity index (χ2n) is 3.72. The Morgan fingerprint density at radius 1 is 1.53 bits per heavy atom. The Labute approximate surface area is 104 Å². The van der Waals surface area contributed by atoms with Crippen molar-refractivity contribution in [2.45, 2.75) is 19.6 Å². The molecule has 0 amide bonds. The van der Waals surface area contributed by atoms with Gasteiger partial charge in [-0.1, -0.05) is 6.07 Å². The number of methoxy groups -OCH3 is 1. The molecule has 0 fully saturated rings. The van der Waals surface area contributed by atoms with Crippen LogP contribution in [0, 0.1) is 0 Å². The zero-order chi connectivity index (χ0) is 12.3. The molecule has 90 valence electrons. The highest BCUT2D eigenvalue weighted by Gasteiger charge is 2.09. The van der Waals surface area contributed by atoms with E-state index in [2.05, 4.69) is 4.98 Å². The summed E-state index contributed by atoms with van der Waals surface area (Å²) in [4.78, 5) is 16.0. The molecule has 4 nitrogen and oxygen atoms in total. The van der Waals surface area contributed by atoms with Crippen molar-refractivity contribution in [3.63, 3.8) is 0 Å². The summed E-state index contributed by atoms with van der Waals surface area (Å²) in [5.74, 6) is 0. The van der Waals surface area contributed by atoms with Gasteiger partial charge >= 0.3 is 0 Å². The molecule has 0 saturated heterocycles. The zero-order valence-electron chi connectivity index (χ0n) is 9.79. The van der Waals surface area contributed by atoms with E-state index in [1.807, 2.05) is 18.4 Å². The maximum absolute atomic E-state index is 11.5. The van der Waals surface area contributed by atoms with Crippen molar-refractivity contribution in [1.82, 2.24) is 9.55 Å². The van der Waals surface area contributed by atoms with E-state index in [1.54, 1.807) is 41.3 Å². The number of hydrogen-bond donors (Lipinski definition) is 0. The molecule has 17 heavy (non-hydrogen) atoms. The minimum atomic E-state index is -0.0122. The summed E-state index contributed by atoms with van der Waals surface area (Å²) < 4.78 is 6.84. The van der Waals surface area contributed by atoms with Crippen LogP contribution in [0.2, 0.25) is 0 Å². The van der Waals surface area contributed by atoms with Crippen LogP contribution in [0.5, 0.6) is 0 Å². The zero-order valence-corrected chi connectivity index (χ0v) is 10.6. The van der Waals surface area contributed by atoms with Gasteiger partial charge in [-0.3, -0.25) is 4.79 Å². The van der Waals surface area contributed by atoms with Crippen LogP contribution in [0.3, 0.4) is 0 Å². The predicted molar refractivity (Wildman–Crippen MR) is 67.3 cm³/mol. The van der Waals surface area contributed by atoms with Gasteiger partial charge in [0.1, 0.15) is 11.1 Å². The quantitative estimate of drug-likeness (QED) is 0.834. The second-order valence-corrected chi connectivity index (χ2v) is 4.61. The molecular formula is C12H14N2O2S. The first-order valence-electron chi connectivity index (χ1n) is 5.33. The van der Waals surface area contributed by atoms with Crippen molar-refractivity contribution in [3.05, 3.63) is 50.8 Å². The molecular weight excluding hydrogens is 236 g/mol. The van der Waals surface area contributed by atoms with Crippen LogP contribution in [-0.2, 0) is 11.3 Å². The predicted octanol–water partition coefficient (Wildman–Crippen LogP) is 2.06. The topological polar surface area (TPSA) is 44.1 Å². The van der Waals surface area contributed by atoms with E-state index in [1.165, 1.54) is 0 Å². The number of hydrogen-bond acceptors (Lipinski definition) is 4. The summed E-state index contributed by atoms with van der Waals surface area (Å²) >= 11 is 1.56. The van der Waals surface area contributed by atoms with Crippen molar-refractivity contribution in [3.8, 4) is 0 Å². The maximum atomic E-state index is 11.5. The molecule has 5 heteroatoms. The summed E-state index contributed by atoms with van der Waals surface area (Å²) in [6, 6.07) is 5.12. The molecule has 0 saturated carbocycles. The summed E-state index contributed by atoms with van der Waals surface area (Å²) in [5, 5.41) is 2.90. The fraction of sp³-hybridized carbons (Fsp3) is 0.333. The van der Waals surface area contributed by atoms with Gasteiger partial charge in [-0.05, 0) is 13.0 Å². The molecule has 1 atom stereocenters. The van der Waals surface area contributed by atoms with Gasteiger partial charge in [0.2, 0.25) is 0 Å². The van der Waals surface area contributed by atoms with E-state index < -0.39 is 0 Å². The summed E-state index contributed by atoms with van der Waals surface area (Å²) in [6.45, 7) is 2.46. The lowest BCUT2D eigenvalue weighted by Gasteiger charge is -2.04. The van der Waals surface area contributed by atoms with Crippen LogP contribution in [0.15, 0.2) is 34.6 Å². The first-order valence-corrected chi connectivity index (χ1v) is 6.21. The highest BCUT2D eigenvalue weighted by molar-refractivity contribution is 7.09. The maximum Gasteiger partial charge on any atom is 0.250 e. The molecule has 0 N–H and O–H groups in total. The number of pyridine rings is 1. The van der Waals surface area contributed by atoms with Crippen LogP contribution in [0.25, 0.3) is 0 Å². The minimum Gasteiger partial charge on any atom is -0.375 e. The summed E-state index contributed by atoms with van der Waals surface area (Å²) in [5.41, 5.74) is 0.879. The van der Waals surface area contributed by atoms with Crippen LogP contribution < -0.4 is 5.56 Å². The van der Waals surface area contributed by atoms with Gasteiger partial charge in [0.05, 0.1) is 12.2 Å². The average Bonchev–Trinajstić information content (AvgIpc) is 2.80. The molecule has 2 aromatic heterocycles. The largest absolute Gasteiger partial charge is 0.375 e. The Bertz CT molecular complexity index is 547. The van der Waals surface area contributed by atoms with Crippen LogP contribution >= 0.6 is 11.3 Å². The lowest BCUT2D eigenvalue weighted by molar-refractivity contribution is 0.119. The Morgan fingerprint density at radius 3 is 3.06 bits per heavy atom. The van der Waals surface area contributed by atoms with Crippen molar-refractivity contribution in [1.29, 1.82) is 0 Å². The molecule has 2 rings (SSSR count). The third kappa shape index (κ3) is 2.81. The molecule has 0 aromatic carbocycles. The molecule has 2 heterocycles. The lowest BCUT2D eigenvalue weighted by Crippen LogP contribution is -2.18. The first-order chi connectivity index (χ1) is 8.20. The number of ether oxygens (including phenoxy) is 1. The monoisotopic (exact) mass is 250 g/mol. The third-order valence-corrected chi connectivity index (χ3v) is 3.56. The average molecular weight is 250 g/mol. The molecule has 0 unspecified atom stereocenters. The van der Waals surface area contributed by atoms with Crippen molar-refractivity contribution < 1.29 is 4.74 Å². The van der Waals surface area contributed by atoms with E-state index in [0.717, 1.165) is 10.7 Å². The Morgan fingerprint density at radius 2 is 2.35 bits per heavy atom. The standard InChI is InChI=1S/C12H14N2O2S/c1-9(16-2)12-13-10(8-17-12)7-14-6-4-3-5-11(14)15/h3-6,8-9H,7H2,1-2H3/t9-/m0/s1. The normalized spacial score (nSPS) is 12.6. The van der Waals surface area contributed by atoms with Gasteiger partial charge in [-0.25, -0.2) is 4.98 Å². The minimum absolute atomic E-state index is 0.00115. The van der Waals surface area contributed by atoms with Crippen LogP contribution in [-0.4, -0.2) is 16.7 Å². The van der Waals surface area contributed by atoms with Crippen molar-refractivity contribution in [2.24, 2.45) is 0 Å². The number of aromatic nitrogens is 2. The molecule has 0 aliphatic heterocycles. The smallest absolute Gasteiger partial charge is 0.250 e. The summed E-state index contributed by atoms with van der Waals surface area (Å²) in [6.07, 6.45) is 1.77. The lowest BCUT2D eigenvalue weighted by atomic mass is 10.4. The van der Waals surface area contributed by atoms with Gasteiger partial charge in [0.15, 0.2) is 0 Å². The molecule has 0 aliphatic carbocycles. The van der Waals surface area contributed by atoms with Crippen LogP contribution in [0.4, 0.5) is 0 Å². The highest BCUT2D eigenvalue weighted by atomic mass is 32.1. The second kappa shape index (κ2) is 5.25. The number of rotatable bonds is 4. The van der Waals surface area contributed by atoms with E-state index in [-0.39, 0.29) is 11.7 Å². The van der Waals surface area contributed by atoms with Gasteiger partial charge < -0.3 is 9.30 Å². The summed E-state index contributed by atoms with van der Waals surface area (Å²) in [7, 11) is 1.66. The van der Waals surface area contributed by atoms with Gasteiger partial charge in [-0.15, -0.1) is 11.3 Å². The van der Waals surface area contributed by atoms with Crippen molar-refractivity contribution in [2.75, 3.05) is 7.11 Å². The van der Waals surface area contributed by atoms with Gasteiger partial charge in [0, 0.05) is 24.8 Å². The first kappa shape index (κ1) is 12.0. The Balaban J connectivity index is 2.17. The number of thiazole rings is 1. The van der Waals surface area contributed by atoms with E-state index in [9.17, 15) is 4.79 Å². The van der Waals surface area contributed by atoms with Gasteiger partial charge in [0.25, 0.3) is 5.56 Å². The van der Waals surface area contributed by atoms with E-state index in [0.29, 0.717) is 6.54 Å². The highest BCUT2D eigenvalue weighted by Crippen LogP contribution is 2.20. The molecule has 0 bridgehead atoms. The SMILES string of the molecule is CO[C@@H](C)c1nc(Cn2ccccc2=O)cs1.